The first-order valence-corrected chi connectivity index (χ1v) is 6.69. The van der Waals surface area contributed by atoms with E-state index in [4.69, 9.17) is 5.73 Å². The topological polar surface area (TPSA) is 55.1 Å². The van der Waals surface area contributed by atoms with Crippen molar-refractivity contribution in [3.05, 3.63) is 58.7 Å². The molecular weight excluding hydrogens is 248 g/mol. The Morgan fingerprint density at radius 3 is 2.45 bits per heavy atom. The minimum atomic E-state index is -0.0419. The lowest BCUT2D eigenvalue weighted by Gasteiger charge is -2.14. The van der Waals surface area contributed by atoms with Crippen molar-refractivity contribution in [2.24, 2.45) is 0 Å². The second kappa shape index (κ2) is 5.78. The molecule has 3 N–H and O–H groups in total. The van der Waals surface area contributed by atoms with E-state index in [-0.39, 0.29) is 5.91 Å². The van der Waals surface area contributed by atoms with Crippen molar-refractivity contribution in [2.75, 3.05) is 11.1 Å². The van der Waals surface area contributed by atoms with Crippen LogP contribution in [0.15, 0.2) is 36.4 Å². The third kappa shape index (κ3) is 2.99. The minimum absolute atomic E-state index is 0.0419. The summed E-state index contributed by atoms with van der Waals surface area (Å²) >= 11 is 0. The lowest BCUT2D eigenvalue weighted by Crippen LogP contribution is -2.17. The third-order valence-electron chi connectivity index (χ3n) is 3.64. The number of carbonyl (C=O) groups is 1. The Balaban J connectivity index is 2.17. The highest BCUT2D eigenvalue weighted by molar-refractivity contribution is 5.96. The van der Waals surface area contributed by atoms with Gasteiger partial charge in [0.15, 0.2) is 0 Å². The second-order valence-electron chi connectivity index (χ2n) is 5.12. The van der Waals surface area contributed by atoms with Crippen LogP contribution in [0.25, 0.3) is 0 Å². The first-order chi connectivity index (χ1) is 9.49. The van der Waals surface area contributed by atoms with Gasteiger partial charge in [0.25, 0.3) is 0 Å². The summed E-state index contributed by atoms with van der Waals surface area (Å²) in [5.74, 6) is -0.0419. The van der Waals surface area contributed by atoms with Crippen LogP contribution >= 0.6 is 0 Å². The predicted octanol–water partition coefficient (Wildman–Crippen LogP) is 3.38. The van der Waals surface area contributed by atoms with E-state index >= 15 is 0 Å². The first-order valence-electron chi connectivity index (χ1n) is 6.69. The molecule has 0 saturated carbocycles. The molecule has 0 spiro atoms. The predicted molar refractivity (Wildman–Crippen MR) is 83.8 cm³/mol. The molecule has 0 unspecified atom stereocenters. The number of anilines is 2. The second-order valence-corrected chi connectivity index (χ2v) is 5.12. The maximum absolute atomic E-state index is 12.2. The lowest BCUT2D eigenvalue weighted by molar-refractivity contribution is -0.115. The van der Waals surface area contributed by atoms with Crippen molar-refractivity contribution in [2.45, 2.75) is 27.2 Å². The lowest BCUT2D eigenvalue weighted by atomic mass is 10.0. The van der Waals surface area contributed by atoms with Crippen molar-refractivity contribution < 1.29 is 4.79 Å². The average molecular weight is 268 g/mol. The van der Waals surface area contributed by atoms with E-state index < -0.39 is 0 Å². The molecule has 0 bridgehead atoms. The average Bonchev–Trinajstić information content (AvgIpc) is 2.42. The van der Waals surface area contributed by atoms with Crippen molar-refractivity contribution in [3.8, 4) is 0 Å². The number of benzene rings is 2. The maximum Gasteiger partial charge on any atom is 0.228 e. The summed E-state index contributed by atoms with van der Waals surface area (Å²) in [6, 6.07) is 11.7. The van der Waals surface area contributed by atoms with Crippen LogP contribution < -0.4 is 11.1 Å². The number of nitrogens with two attached hydrogens (primary N) is 1. The van der Waals surface area contributed by atoms with Gasteiger partial charge in [-0.05, 0) is 49.1 Å². The van der Waals surface area contributed by atoms with Crippen LogP contribution in [0.2, 0.25) is 0 Å². The molecule has 0 atom stereocenters. The number of aryl methyl sites for hydroxylation is 2. The summed E-state index contributed by atoms with van der Waals surface area (Å²) < 4.78 is 0. The summed E-state index contributed by atoms with van der Waals surface area (Å²) in [6.07, 6.45) is 0.361. The third-order valence-corrected chi connectivity index (χ3v) is 3.64. The van der Waals surface area contributed by atoms with E-state index in [1.807, 2.05) is 57.2 Å². The number of amides is 1. The molecule has 3 heteroatoms. The zero-order chi connectivity index (χ0) is 14.7. The van der Waals surface area contributed by atoms with Crippen LogP contribution in [0.1, 0.15) is 22.3 Å². The van der Waals surface area contributed by atoms with Gasteiger partial charge in [-0.25, -0.2) is 0 Å². The summed E-state index contributed by atoms with van der Waals surface area (Å²) in [6.45, 7) is 5.98. The van der Waals surface area contributed by atoms with Crippen LogP contribution in [-0.2, 0) is 11.2 Å². The highest BCUT2D eigenvalue weighted by Gasteiger charge is 2.11. The van der Waals surface area contributed by atoms with Crippen molar-refractivity contribution in [1.29, 1.82) is 0 Å². The largest absolute Gasteiger partial charge is 0.397 e. The van der Waals surface area contributed by atoms with Crippen LogP contribution in [0.3, 0.4) is 0 Å². The molecule has 3 nitrogen and oxygen atoms in total. The molecule has 2 aromatic rings. The quantitative estimate of drug-likeness (QED) is 0.838. The molecule has 0 aliphatic rings. The summed E-state index contributed by atoms with van der Waals surface area (Å²) in [7, 11) is 0. The van der Waals surface area contributed by atoms with E-state index in [0.29, 0.717) is 12.1 Å². The molecule has 2 aromatic carbocycles. The summed E-state index contributed by atoms with van der Waals surface area (Å²) in [5.41, 5.74) is 11.6. The van der Waals surface area contributed by atoms with Crippen molar-refractivity contribution in [3.63, 3.8) is 0 Å². The van der Waals surface area contributed by atoms with Crippen LogP contribution in [-0.4, -0.2) is 5.91 Å². The molecular formula is C17H20N2O. The fourth-order valence-electron chi connectivity index (χ4n) is 2.17. The van der Waals surface area contributed by atoms with Gasteiger partial charge in [-0.1, -0.05) is 30.3 Å². The van der Waals surface area contributed by atoms with Gasteiger partial charge in [-0.2, -0.15) is 0 Å². The molecule has 0 fully saturated rings. The fraction of sp³-hybridized carbons (Fsp3) is 0.235. The van der Waals surface area contributed by atoms with E-state index in [0.717, 1.165) is 27.9 Å². The van der Waals surface area contributed by atoms with Gasteiger partial charge < -0.3 is 11.1 Å². The van der Waals surface area contributed by atoms with Gasteiger partial charge in [0.05, 0.1) is 17.8 Å². The number of nitrogen functional groups attached to an aromatic ring is 1. The Kier molecular flexibility index (Phi) is 4.08. The van der Waals surface area contributed by atoms with Crippen LogP contribution in [0.4, 0.5) is 11.4 Å². The van der Waals surface area contributed by atoms with E-state index in [1.165, 1.54) is 0 Å². The van der Waals surface area contributed by atoms with Gasteiger partial charge in [-0.3, -0.25) is 4.79 Å². The van der Waals surface area contributed by atoms with Gasteiger partial charge in [0.1, 0.15) is 0 Å². The SMILES string of the molecule is Cc1ccccc1CC(=O)Nc1c(N)ccc(C)c1C. The van der Waals surface area contributed by atoms with Crippen LogP contribution in [0.5, 0.6) is 0 Å². The fourth-order valence-corrected chi connectivity index (χ4v) is 2.17. The summed E-state index contributed by atoms with van der Waals surface area (Å²) in [4.78, 5) is 12.2. The van der Waals surface area contributed by atoms with E-state index in [9.17, 15) is 4.79 Å². The standard InChI is InChI=1S/C17H20N2O/c1-11-8-9-15(18)17(13(11)3)19-16(20)10-14-7-5-4-6-12(14)2/h4-9H,10,18H2,1-3H3,(H,19,20). The van der Waals surface area contributed by atoms with Crippen molar-refractivity contribution >= 4 is 17.3 Å². The molecule has 1 amide bonds. The number of rotatable bonds is 3. The number of hydrogen-bond acceptors (Lipinski definition) is 2. The van der Waals surface area contributed by atoms with E-state index in [2.05, 4.69) is 5.32 Å². The van der Waals surface area contributed by atoms with Crippen molar-refractivity contribution in [1.82, 2.24) is 0 Å². The molecule has 0 radical (unpaired) electrons. The normalized spacial score (nSPS) is 10.3. The molecule has 104 valence electrons. The Morgan fingerprint density at radius 2 is 1.75 bits per heavy atom. The zero-order valence-corrected chi connectivity index (χ0v) is 12.2. The number of hydrogen-bond donors (Lipinski definition) is 2. The Hall–Kier alpha value is -2.29. The Morgan fingerprint density at radius 1 is 1.05 bits per heavy atom. The van der Waals surface area contributed by atoms with E-state index in [1.54, 1.807) is 0 Å². The number of nitrogens with one attached hydrogen (secondary N) is 1. The Bertz CT molecular complexity index is 647. The molecule has 20 heavy (non-hydrogen) atoms. The highest BCUT2D eigenvalue weighted by atomic mass is 16.1. The van der Waals surface area contributed by atoms with Gasteiger partial charge in [0, 0.05) is 0 Å². The van der Waals surface area contributed by atoms with Crippen LogP contribution in [0, 0.1) is 20.8 Å². The Labute approximate surface area is 119 Å². The van der Waals surface area contributed by atoms with Gasteiger partial charge in [0.2, 0.25) is 5.91 Å². The monoisotopic (exact) mass is 268 g/mol. The first kappa shape index (κ1) is 14.1. The van der Waals surface area contributed by atoms with Gasteiger partial charge in [-0.15, -0.1) is 0 Å². The molecule has 0 heterocycles. The summed E-state index contributed by atoms with van der Waals surface area (Å²) in [5, 5.41) is 2.93. The maximum atomic E-state index is 12.2. The number of carbonyl (C=O) groups excluding carboxylic acids is 1. The molecule has 0 aliphatic carbocycles. The minimum Gasteiger partial charge on any atom is -0.397 e. The molecule has 2 rings (SSSR count). The smallest absolute Gasteiger partial charge is 0.228 e. The highest BCUT2D eigenvalue weighted by Crippen LogP contribution is 2.26. The molecule has 0 aliphatic heterocycles. The zero-order valence-electron chi connectivity index (χ0n) is 12.2. The van der Waals surface area contributed by atoms with Gasteiger partial charge >= 0.3 is 0 Å². The molecule has 0 aromatic heterocycles. The molecule has 0 saturated heterocycles.